The molecule has 0 aliphatic heterocycles. The van der Waals surface area contributed by atoms with Crippen molar-refractivity contribution in [2.24, 2.45) is 0 Å². The SMILES string of the molecule is Cc1cc(C(=O)OC(C)(C)C)ncn1. The highest BCUT2D eigenvalue weighted by Gasteiger charge is 2.18. The summed E-state index contributed by atoms with van der Waals surface area (Å²) in [7, 11) is 0. The van der Waals surface area contributed by atoms with Crippen LogP contribution in [0.4, 0.5) is 0 Å². The molecule has 0 N–H and O–H groups in total. The highest BCUT2D eigenvalue weighted by molar-refractivity contribution is 5.87. The van der Waals surface area contributed by atoms with E-state index in [4.69, 9.17) is 4.74 Å². The van der Waals surface area contributed by atoms with Gasteiger partial charge in [0, 0.05) is 5.69 Å². The van der Waals surface area contributed by atoms with Gasteiger partial charge in [0.25, 0.3) is 0 Å². The van der Waals surface area contributed by atoms with Crippen LogP contribution in [0.2, 0.25) is 0 Å². The van der Waals surface area contributed by atoms with Crippen molar-refractivity contribution in [2.45, 2.75) is 33.3 Å². The topological polar surface area (TPSA) is 52.1 Å². The Kier molecular flexibility index (Phi) is 2.84. The van der Waals surface area contributed by atoms with Crippen molar-refractivity contribution in [1.82, 2.24) is 9.97 Å². The molecule has 0 spiro atoms. The predicted molar refractivity (Wildman–Crippen MR) is 51.9 cm³/mol. The molecular weight excluding hydrogens is 180 g/mol. The zero-order chi connectivity index (χ0) is 10.8. The molecule has 0 unspecified atom stereocenters. The number of rotatable bonds is 1. The van der Waals surface area contributed by atoms with E-state index in [0.717, 1.165) is 5.69 Å². The second-order valence-corrected chi connectivity index (χ2v) is 4.05. The number of ether oxygens (including phenoxy) is 1. The van der Waals surface area contributed by atoms with E-state index in [1.165, 1.54) is 6.33 Å². The van der Waals surface area contributed by atoms with Crippen LogP contribution in [0.3, 0.4) is 0 Å². The van der Waals surface area contributed by atoms with E-state index in [0.29, 0.717) is 5.69 Å². The van der Waals surface area contributed by atoms with Gasteiger partial charge in [0.2, 0.25) is 0 Å². The first-order valence-corrected chi connectivity index (χ1v) is 4.40. The smallest absolute Gasteiger partial charge is 0.357 e. The van der Waals surface area contributed by atoms with Crippen molar-refractivity contribution in [3.63, 3.8) is 0 Å². The summed E-state index contributed by atoms with van der Waals surface area (Å²) in [5, 5.41) is 0. The summed E-state index contributed by atoms with van der Waals surface area (Å²) >= 11 is 0. The summed E-state index contributed by atoms with van der Waals surface area (Å²) in [5.74, 6) is -0.414. The minimum absolute atomic E-state index is 0.299. The molecule has 1 rings (SSSR count). The first kappa shape index (κ1) is 10.6. The second kappa shape index (κ2) is 3.74. The van der Waals surface area contributed by atoms with Gasteiger partial charge >= 0.3 is 5.97 Å². The highest BCUT2D eigenvalue weighted by atomic mass is 16.6. The fraction of sp³-hybridized carbons (Fsp3) is 0.500. The second-order valence-electron chi connectivity index (χ2n) is 4.05. The molecule has 0 fully saturated rings. The number of aromatic nitrogens is 2. The maximum atomic E-state index is 11.5. The summed E-state index contributed by atoms with van der Waals surface area (Å²) in [6.45, 7) is 7.26. The summed E-state index contributed by atoms with van der Waals surface area (Å²) in [4.78, 5) is 19.2. The highest BCUT2D eigenvalue weighted by Crippen LogP contribution is 2.10. The third-order valence-electron chi connectivity index (χ3n) is 1.41. The number of carbonyl (C=O) groups is 1. The summed E-state index contributed by atoms with van der Waals surface area (Å²) in [6, 6.07) is 1.61. The monoisotopic (exact) mass is 194 g/mol. The number of nitrogens with zero attached hydrogens (tertiary/aromatic N) is 2. The molecule has 0 saturated carbocycles. The average Bonchev–Trinajstić information content (AvgIpc) is 2.01. The summed E-state index contributed by atoms with van der Waals surface area (Å²) in [6.07, 6.45) is 1.36. The Morgan fingerprint density at radius 3 is 2.50 bits per heavy atom. The molecule has 1 aromatic rings. The molecule has 1 aromatic heterocycles. The lowest BCUT2D eigenvalue weighted by Crippen LogP contribution is -2.24. The Balaban J connectivity index is 2.80. The fourth-order valence-corrected chi connectivity index (χ4v) is 0.897. The predicted octanol–water partition coefficient (Wildman–Crippen LogP) is 1.74. The van der Waals surface area contributed by atoms with Gasteiger partial charge in [-0.25, -0.2) is 14.8 Å². The molecule has 0 atom stereocenters. The van der Waals surface area contributed by atoms with E-state index in [1.807, 2.05) is 20.8 Å². The molecule has 0 aromatic carbocycles. The Labute approximate surface area is 83.3 Å². The number of carbonyl (C=O) groups excluding carboxylic acids is 1. The van der Waals surface area contributed by atoms with Gasteiger partial charge in [-0.3, -0.25) is 0 Å². The molecule has 1 heterocycles. The van der Waals surface area contributed by atoms with Crippen LogP contribution in [0.1, 0.15) is 37.0 Å². The van der Waals surface area contributed by atoms with Crippen molar-refractivity contribution < 1.29 is 9.53 Å². The molecular formula is C10H14N2O2. The van der Waals surface area contributed by atoms with Crippen LogP contribution in [-0.2, 0) is 4.74 Å². The molecule has 0 aliphatic rings. The molecule has 76 valence electrons. The first-order valence-electron chi connectivity index (χ1n) is 4.40. The lowest BCUT2D eigenvalue weighted by molar-refractivity contribution is 0.00625. The molecule has 0 aliphatic carbocycles. The van der Waals surface area contributed by atoms with E-state index in [1.54, 1.807) is 13.0 Å². The van der Waals surface area contributed by atoms with Gasteiger partial charge in [0.1, 0.15) is 11.9 Å². The van der Waals surface area contributed by atoms with Crippen LogP contribution in [0.15, 0.2) is 12.4 Å². The third-order valence-corrected chi connectivity index (χ3v) is 1.41. The molecule has 0 bridgehead atoms. The number of hydrogen-bond acceptors (Lipinski definition) is 4. The molecule has 0 amide bonds. The minimum atomic E-state index is -0.490. The van der Waals surface area contributed by atoms with Crippen LogP contribution in [0.5, 0.6) is 0 Å². The standard InChI is InChI=1S/C10H14N2O2/c1-7-5-8(12-6-11-7)9(13)14-10(2,3)4/h5-6H,1-4H3. The van der Waals surface area contributed by atoms with Gasteiger partial charge in [-0.05, 0) is 33.8 Å². The van der Waals surface area contributed by atoms with Crippen molar-refractivity contribution >= 4 is 5.97 Å². The van der Waals surface area contributed by atoms with Crippen molar-refractivity contribution in [2.75, 3.05) is 0 Å². The maximum Gasteiger partial charge on any atom is 0.357 e. The molecule has 0 saturated heterocycles. The van der Waals surface area contributed by atoms with Gasteiger partial charge in [0.05, 0.1) is 0 Å². The van der Waals surface area contributed by atoms with Crippen molar-refractivity contribution in [1.29, 1.82) is 0 Å². The molecule has 14 heavy (non-hydrogen) atoms. The van der Waals surface area contributed by atoms with E-state index >= 15 is 0 Å². The number of hydrogen-bond donors (Lipinski definition) is 0. The van der Waals surface area contributed by atoms with E-state index in [-0.39, 0.29) is 0 Å². The van der Waals surface area contributed by atoms with E-state index < -0.39 is 11.6 Å². The molecule has 4 nitrogen and oxygen atoms in total. The average molecular weight is 194 g/mol. The normalized spacial score (nSPS) is 11.1. The molecule has 4 heteroatoms. The van der Waals surface area contributed by atoms with Gasteiger partial charge in [-0.2, -0.15) is 0 Å². The van der Waals surface area contributed by atoms with Gasteiger partial charge in [-0.1, -0.05) is 0 Å². The number of esters is 1. The third kappa shape index (κ3) is 3.12. The van der Waals surface area contributed by atoms with Crippen molar-refractivity contribution in [3.05, 3.63) is 23.8 Å². The largest absolute Gasteiger partial charge is 0.455 e. The van der Waals surface area contributed by atoms with Crippen LogP contribution >= 0.6 is 0 Å². The first-order chi connectivity index (χ1) is 6.38. The van der Waals surface area contributed by atoms with Gasteiger partial charge < -0.3 is 4.74 Å². The van der Waals surface area contributed by atoms with E-state index in [2.05, 4.69) is 9.97 Å². The Morgan fingerprint density at radius 1 is 1.36 bits per heavy atom. The van der Waals surface area contributed by atoms with Crippen LogP contribution in [0.25, 0.3) is 0 Å². The Hall–Kier alpha value is -1.45. The summed E-state index contributed by atoms with van der Waals surface area (Å²) in [5.41, 5.74) is 0.559. The Morgan fingerprint density at radius 2 is 2.00 bits per heavy atom. The fourth-order valence-electron chi connectivity index (χ4n) is 0.897. The van der Waals surface area contributed by atoms with Gasteiger partial charge in [-0.15, -0.1) is 0 Å². The van der Waals surface area contributed by atoms with Crippen LogP contribution < -0.4 is 0 Å². The lowest BCUT2D eigenvalue weighted by Gasteiger charge is -2.18. The minimum Gasteiger partial charge on any atom is -0.455 e. The Bertz CT molecular complexity index is 342. The maximum absolute atomic E-state index is 11.5. The zero-order valence-electron chi connectivity index (χ0n) is 8.87. The zero-order valence-corrected chi connectivity index (χ0v) is 8.87. The van der Waals surface area contributed by atoms with Crippen LogP contribution in [-0.4, -0.2) is 21.5 Å². The van der Waals surface area contributed by atoms with Gasteiger partial charge in [0.15, 0.2) is 5.69 Å². The van der Waals surface area contributed by atoms with E-state index in [9.17, 15) is 4.79 Å². The van der Waals surface area contributed by atoms with Crippen molar-refractivity contribution in [3.8, 4) is 0 Å². The number of aryl methyl sites for hydroxylation is 1. The molecule has 0 radical (unpaired) electrons. The summed E-state index contributed by atoms with van der Waals surface area (Å²) < 4.78 is 5.15. The van der Waals surface area contributed by atoms with Crippen LogP contribution in [0, 0.1) is 6.92 Å². The quantitative estimate of drug-likeness (QED) is 0.639. The lowest BCUT2D eigenvalue weighted by atomic mass is 10.2.